The maximum Gasteiger partial charge on any atom is 0.130 e. The number of nitrogens with one attached hydrogen (secondary N) is 1. The van der Waals surface area contributed by atoms with Gasteiger partial charge in [0.2, 0.25) is 0 Å². The quantitative estimate of drug-likeness (QED) is 0.853. The highest BCUT2D eigenvalue weighted by molar-refractivity contribution is 5.30. The van der Waals surface area contributed by atoms with E-state index in [1.165, 1.54) is 13.2 Å². The van der Waals surface area contributed by atoms with E-state index >= 15 is 0 Å². The summed E-state index contributed by atoms with van der Waals surface area (Å²) in [7, 11) is 1.51. The third kappa shape index (κ3) is 2.65. The van der Waals surface area contributed by atoms with Gasteiger partial charge in [-0.05, 0) is 30.2 Å². The molecule has 4 heteroatoms. The van der Waals surface area contributed by atoms with E-state index in [0.717, 1.165) is 5.69 Å². The van der Waals surface area contributed by atoms with Crippen LogP contribution in [0.15, 0.2) is 36.5 Å². The van der Waals surface area contributed by atoms with E-state index in [-0.39, 0.29) is 11.9 Å². The number of hydrogen-bond acceptors (Lipinski definition) is 2. The van der Waals surface area contributed by atoms with Crippen molar-refractivity contribution in [3.63, 3.8) is 0 Å². The van der Waals surface area contributed by atoms with Crippen molar-refractivity contribution in [3.05, 3.63) is 53.6 Å². The van der Waals surface area contributed by atoms with Crippen LogP contribution in [-0.2, 0) is 6.42 Å². The van der Waals surface area contributed by atoms with E-state index < -0.39 is 0 Å². The van der Waals surface area contributed by atoms with Gasteiger partial charge in [0.15, 0.2) is 0 Å². The fourth-order valence-corrected chi connectivity index (χ4v) is 1.74. The minimum Gasteiger partial charge on any atom is -0.497 e. The Hall–Kier alpha value is -1.81. The van der Waals surface area contributed by atoms with Crippen molar-refractivity contribution in [3.8, 4) is 5.75 Å². The number of aromatic amines is 1. The molecule has 0 radical (unpaired) electrons. The number of halogens is 1. The van der Waals surface area contributed by atoms with Gasteiger partial charge in [-0.3, -0.25) is 0 Å². The van der Waals surface area contributed by atoms with Gasteiger partial charge in [-0.15, -0.1) is 0 Å². The van der Waals surface area contributed by atoms with Gasteiger partial charge in [-0.1, -0.05) is 6.07 Å². The molecule has 1 unspecified atom stereocenters. The van der Waals surface area contributed by atoms with Gasteiger partial charge in [0, 0.05) is 24.0 Å². The van der Waals surface area contributed by atoms with Crippen molar-refractivity contribution < 1.29 is 9.13 Å². The average molecular weight is 234 g/mol. The Kier molecular flexibility index (Phi) is 3.44. The summed E-state index contributed by atoms with van der Waals surface area (Å²) in [6, 6.07) is 8.35. The second kappa shape index (κ2) is 5.01. The topological polar surface area (TPSA) is 51.0 Å². The molecule has 90 valence electrons. The predicted molar refractivity (Wildman–Crippen MR) is 64.4 cm³/mol. The molecule has 3 nitrogen and oxygen atoms in total. The lowest BCUT2D eigenvalue weighted by molar-refractivity contribution is 0.410. The van der Waals surface area contributed by atoms with Gasteiger partial charge < -0.3 is 15.5 Å². The van der Waals surface area contributed by atoms with Crippen LogP contribution in [0.25, 0.3) is 0 Å². The van der Waals surface area contributed by atoms with Crippen LogP contribution in [0.3, 0.4) is 0 Å². The van der Waals surface area contributed by atoms with Crippen LogP contribution in [-0.4, -0.2) is 12.1 Å². The minimum atomic E-state index is -0.286. The van der Waals surface area contributed by atoms with Crippen LogP contribution in [0.4, 0.5) is 4.39 Å². The molecule has 0 fully saturated rings. The first-order valence-corrected chi connectivity index (χ1v) is 5.42. The van der Waals surface area contributed by atoms with Crippen LogP contribution >= 0.6 is 0 Å². The Morgan fingerprint density at radius 2 is 2.24 bits per heavy atom. The molecular formula is C13H15FN2O. The van der Waals surface area contributed by atoms with E-state index in [1.807, 2.05) is 12.1 Å². The van der Waals surface area contributed by atoms with Crippen molar-refractivity contribution in [2.24, 2.45) is 5.73 Å². The lowest BCUT2D eigenvalue weighted by Crippen LogP contribution is -2.14. The summed E-state index contributed by atoms with van der Waals surface area (Å²) >= 11 is 0. The fourth-order valence-electron chi connectivity index (χ4n) is 1.74. The number of aromatic nitrogens is 1. The number of hydrogen-bond donors (Lipinski definition) is 2. The summed E-state index contributed by atoms with van der Waals surface area (Å²) in [6.07, 6.45) is 2.26. The summed E-state index contributed by atoms with van der Waals surface area (Å²) in [5.41, 5.74) is 7.48. The van der Waals surface area contributed by atoms with Gasteiger partial charge in [-0.2, -0.15) is 0 Å². The molecule has 0 spiro atoms. The Morgan fingerprint density at radius 3 is 2.82 bits per heavy atom. The first-order valence-electron chi connectivity index (χ1n) is 5.42. The third-order valence-corrected chi connectivity index (χ3v) is 2.72. The van der Waals surface area contributed by atoms with Crippen LogP contribution in [0.5, 0.6) is 5.75 Å². The Balaban J connectivity index is 2.13. The molecule has 1 aromatic carbocycles. The molecule has 0 aliphatic heterocycles. The van der Waals surface area contributed by atoms with Crippen molar-refractivity contribution in [1.29, 1.82) is 0 Å². The number of benzene rings is 1. The first kappa shape index (κ1) is 11.7. The van der Waals surface area contributed by atoms with Crippen LogP contribution in [0, 0.1) is 5.82 Å². The number of rotatable bonds is 4. The minimum absolute atomic E-state index is 0.229. The van der Waals surface area contributed by atoms with Gasteiger partial charge in [0.05, 0.1) is 7.11 Å². The van der Waals surface area contributed by atoms with E-state index in [9.17, 15) is 4.39 Å². The van der Waals surface area contributed by atoms with E-state index in [1.54, 1.807) is 18.3 Å². The van der Waals surface area contributed by atoms with Gasteiger partial charge in [0.1, 0.15) is 11.6 Å². The molecule has 0 saturated carbocycles. The normalized spacial score (nSPS) is 12.4. The molecule has 0 aliphatic carbocycles. The SMILES string of the molecule is COc1ccc(CC(N)c2ccc[nH]2)c(F)c1. The number of nitrogens with two attached hydrogens (primary N) is 1. The molecule has 0 aliphatic rings. The van der Waals surface area contributed by atoms with E-state index in [0.29, 0.717) is 17.7 Å². The second-order valence-electron chi connectivity index (χ2n) is 3.89. The molecule has 2 rings (SSSR count). The molecule has 2 aromatic rings. The molecule has 17 heavy (non-hydrogen) atoms. The van der Waals surface area contributed by atoms with Crippen LogP contribution in [0.1, 0.15) is 17.3 Å². The zero-order valence-electron chi connectivity index (χ0n) is 9.61. The highest BCUT2D eigenvalue weighted by Crippen LogP contribution is 2.20. The maximum absolute atomic E-state index is 13.7. The second-order valence-corrected chi connectivity index (χ2v) is 3.89. The van der Waals surface area contributed by atoms with Gasteiger partial charge in [-0.25, -0.2) is 4.39 Å². The monoisotopic (exact) mass is 234 g/mol. The van der Waals surface area contributed by atoms with Crippen molar-refractivity contribution >= 4 is 0 Å². The summed E-state index contributed by atoms with van der Waals surface area (Å²) < 4.78 is 18.6. The van der Waals surface area contributed by atoms with Crippen molar-refractivity contribution in [2.45, 2.75) is 12.5 Å². The molecule has 1 heterocycles. The molecule has 0 amide bonds. The fraction of sp³-hybridized carbons (Fsp3) is 0.231. The summed E-state index contributed by atoms with van der Waals surface area (Å²) in [5.74, 6) is 0.228. The molecule has 0 bridgehead atoms. The maximum atomic E-state index is 13.7. The summed E-state index contributed by atoms with van der Waals surface area (Å²) in [5, 5.41) is 0. The van der Waals surface area contributed by atoms with E-state index in [2.05, 4.69) is 4.98 Å². The van der Waals surface area contributed by atoms with E-state index in [4.69, 9.17) is 10.5 Å². The molecular weight excluding hydrogens is 219 g/mol. The molecule has 3 N–H and O–H groups in total. The lowest BCUT2D eigenvalue weighted by atomic mass is 10.0. The smallest absolute Gasteiger partial charge is 0.130 e. The Bertz CT molecular complexity index is 482. The summed E-state index contributed by atoms with van der Waals surface area (Å²) in [4.78, 5) is 3.03. The predicted octanol–water partition coefficient (Wildman–Crippen LogP) is 2.40. The number of ether oxygens (including phenoxy) is 1. The molecule has 1 aromatic heterocycles. The van der Waals surface area contributed by atoms with Crippen molar-refractivity contribution in [1.82, 2.24) is 4.98 Å². The highest BCUT2D eigenvalue weighted by atomic mass is 19.1. The lowest BCUT2D eigenvalue weighted by Gasteiger charge is -2.11. The zero-order chi connectivity index (χ0) is 12.3. The Morgan fingerprint density at radius 1 is 1.41 bits per heavy atom. The van der Waals surface area contributed by atoms with Gasteiger partial charge in [0.25, 0.3) is 0 Å². The molecule has 0 saturated heterocycles. The molecule has 1 atom stereocenters. The van der Waals surface area contributed by atoms with Gasteiger partial charge >= 0.3 is 0 Å². The zero-order valence-corrected chi connectivity index (χ0v) is 9.61. The summed E-state index contributed by atoms with van der Waals surface area (Å²) in [6.45, 7) is 0. The largest absolute Gasteiger partial charge is 0.497 e. The van der Waals surface area contributed by atoms with Crippen LogP contribution < -0.4 is 10.5 Å². The number of methoxy groups -OCH3 is 1. The first-order chi connectivity index (χ1) is 8.20. The van der Waals surface area contributed by atoms with Crippen molar-refractivity contribution in [2.75, 3.05) is 7.11 Å². The third-order valence-electron chi connectivity index (χ3n) is 2.72. The average Bonchev–Trinajstić information content (AvgIpc) is 2.85. The highest BCUT2D eigenvalue weighted by Gasteiger charge is 2.11. The standard InChI is InChI=1S/C13H15FN2O/c1-17-10-5-4-9(11(14)8-10)7-12(15)13-3-2-6-16-13/h2-6,8,12,16H,7,15H2,1H3. The number of H-pyrrole nitrogens is 1. The Labute approximate surface area is 99.4 Å². The van der Waals surface area contributed by atoms with Crippen LogP contribution in [0.2, 0.25) is 0 Å².